The van der Waals surface area contributed by atoms with Crippen molar-refractivity contribution < 1.29 is 9.84 Å². The summed E-state index contributed by atoms with van der Waals surface area (Å²) in [6.07, 6.45) is 5.29. The van der Waals surface area contributed by atoms with Gasteiger partial charge in [0.2, 0.25) is 0 Å². The molecule has 1 aromatic carbocycles. The number of methoxy groups -OCH3 is 1. The van der Waals surface area contributed by atoms with Crippen LogP contribution >= 0.6 is 0 Å². The van der Waals surface area contributed by atoms with E-state index in [-0.39, 0.29) is 0 Å². The van der Waals surface area contributed by atoms with E-state index in [0.29, 0.717) is 13.0 Å². The molecule has 0 spiro atoms. The third kappa shape index (κ3) is 4.43. The molecule has 0 aliphatic carbocycles. The maximum atomic E-state index is 9.69. The Morgan fingerprint density at radius 2 is 2.19 bits per heavy atom. The average molecular weight is 218 g/mol. The van der Waals surface area contributed by atoms with Gasteiger partial charge >= 0.3 is 0 Å². The van der Waals surface area contributed by atoms with E-state index in [1.807, 2.05) is 18.2 Å². The van der Waals surface area contributed by atoms with Gasteiger partial charge in [-0.25, -0.2) is 0 Å². The Labute approximate surface area is 96.9 Å². The summed E-state index contributed by atoms with van der Waals surface area (Å²) in [5.74, 6) is 0. The normalized spacial score (nSPS) is 12.9. The summed E-state index contributed by atoms with van der Waals surface area (Å²) < 4.78 is 5.06. The molecule has 0 bridgehead atoms. The second-order valence-electron chi connectivity index (χ2n) is 3.65. The lowest BCUT2D eigenvalue weighted by Crippen LogP contribution is -2.06. The van der Waals surface area contributed by atoms with Gasteiger partial charge in [0, 0.05) is 13.5 Å². The van der Waals surface area contributed by atoms with Crippen LogP contribution in [0, 0.1) is 0 Å². The topological polar surface area (TPSA) is 29.5 Å². The van der Waals surface area contributed by atoms with Crippen molar-refractivity contribution in [2.45, 2.75) is 19.1 Å². The second kappa shape index (κ2) is 6.99. The van der Waals surface area contributed by atoms with Crippen LogP contribution in [0.2, 0.25) is 0 Å². The molecule has 1 N–H and O–H groups in total. The third-order valence-electron chi connectivity index (χ3n) is 2.22. The van der Waals surface area contributed by atoms with Crippen LogP contribution in [0.3, 0.4) is 0 Å². The highest BCUT2D eigenvalue weighted by Crippen LogP contribution is 2.09. The molecule has 2 heteroatoms. The van der Waals surface area contributed by atoms with Crippen LogP contribution in [0.15, 0.2) is 49.1 Å². The van der Waals surface area contributed by atoms with Crippen molar-refractivity contribution in [2.75, 3.05) is 7.11 Å². The predicted molar refractivity (Wildman–Crippen MR) is 66.2 cm³/mol. The summed E-state index contributed by atoms with van der Waals surface area (Å²) in [5.41, 5.74) is 2.23. The highest BCUT2D eigenvalue weighted by molar-refractivity contribution is 5.24. The Balaban J connectivity index is 2.62. The number of allylic oxidation sites excluding steroid dienone is 2. The van der Waals surface area contributed by atoms with Crippen LogP contribution < -0.4 is 0 Å². The first-order valence-corrected chi connectivity index (χ1v) is 5.30. The first kappa shape index (κ1) is 12.7. The summed E-state index contributed by atoms with van der Waals surface area (Å²) in [4.78, 5) is 0. The van der Waals surface area contributed by atoms with Gasteiger partial charge in [0.05, 0.1) is 12.7 Å². The van der Waals surface area contributed by atoms with Crippen molar-refractivity contribution in [3.8, 4) is 0 Å². The summed E-state index contributed by atoms with van der Waals surface area (Å²) in [7, 11) is 1.67. The molecule has 0 heterocycles. The van der Waals surface area contributed by atoms with Crippen LogP contribution in [-0.4, -0.2) is 18.3 Å². The van der Waals surface area contributed by atoms with Gasteiger partial charge in [-0.2, -0.15) is 0 Å². The SMILES string of the molecule is C=CC=CC(O)Cc1cccc(COC)c1. The Hall–Kier alpha value is -1.38. The molecule has 16 heavy (non-hydrogen) atoms. The molecule has 0 aromatic heterocycles. The molecule has 0 aliphatic rings. The van der Waals surface area contributed by atoms with Gasteiger partial charge in [-0.05, 0) is 11.1 Å². The molecule has 0 saturated heterocycles. The lowest BCUT2D eigenvalue weighted by molar-refractivity contribution is 0.184. The van der Waals surface area contributed by atoms with Crippen molar-refractivity contribution in [1.82, 2.24) is 0 Å². The second-order valence-corrected chi connectivity index (χ2v) is 3.65. The van der Waals surface area contributed by atoms with Gasteiger partial charge in [0.1, 0.15) is 0 Å². The molecule has 0 amide bonds. The summed E-state index contributed by atoms with van der Waals surface area (Å²) in [6.45, 7) is 4.17. The molecular formula is C14H18O2. The molecule has 0 fully saturated rings. The molecule has 1 aromatic rings. The first-order chi connectivity index (χ1) is 7.76. The van der Waals surface area contributed by atoms with Crippen molar-refractivity contribution in [3.63, 3.8) is 0 Å². The van der Waals surface area contributed by atoms with Crippen LogP contribution in [0.25, 0.3) is 0 Å². The quantitative estimate of drug-likeness (QED) is 0.743. The van der Waals surface area contributed by atoms with Gasteiger partial charge in [-0.15, -0.1) is 0 Å². The minimum Gasteiger partial charge on any atom is -0.389 e. The molecule has 1 unspecified atom stereocenters. The Morgan fingerprint density at radius 1 is 1.44 bits per heavy atom. The fourth-order valence-corrected chi connectivity index (χ4v) is 1.53. The largest absolute Gasteiger partial charge is 0.389 e. The number of hydrogen-bond acceptors (Lipinski definition) is 2. The maximum absolute atomic E-state index is 9.69. The zero-order valence-electron chi connectivity index (χ0n) is 9.60. The highest BCUT2D eigenvalue weighted by Gasteiger charge is 2.02. The molecule has 1 rings (SSSR count). The molecule has 1 atom stereocenters. The van der Waals surface area contributed by atoms with E-state index in [0.717, 1.165) is 11.1 Å². The maximum Gasteiger partial charge on any atom is 0.0764 e. The highest BCUT2D eigenvalue weighted by atomic mass is 16.5. The van der Waals surface area contributed by atoms with E-state index in [9.17, 15) is 5.11 Å². The zero-order chi connectivity index (χ0) is 11.8. The van der Waals surface area contributed by atoms with Gasteiger partial charge < -0.3 is 9.84 Å². The van der Waals surface area contributed by atoms with Crippen LogP contribution in [-0.2, 0) is 17.8 Å². The Morgan fingerprint density at radius 3 is 2.88 bits per heavy atom. The van der Waals surface area contributed by atoms with E-state index < -0.39 is 6.10 Å². The third-order valence-corrected chi connectivity index (χ3v) is 2.22. The van der Waals surface area contributed by atoms with Crippen LogP contribution in [0.5, 0.6) is 0 Å². The van der Waals surface area contributed by atoms with Gasteiger partial charge in [0.25, 0.3) is 0 Å². The molecule has 86 valence electrons. The molecule has 2 nitrogen and oxygen atoms in total. The number of ether oxygens (including phenoxy) is 1. The first-order valence-electron chi connectivity index (χ1n) is 5.30. The smallest absolute Gasteiger partial charge is 0.0764 e. The Kier molecular flexibility index (Phi) is 5.54. The standard InChI is InChI=1S/C14H18O2/c1-3-4-8-14(15)10-12-6-5-7-13(9-12)11-16-2/h3-9,14-15H,1,10-11H2,2H3. The van der Waals surface area contributed by atoms with Gasteiger partial charge in [-0.1, -0.05) is 49.1 Å². The summed E-state index contributed by atoms with van der Waals surface area (Å²) in [6, 6.07) is 8.05. The minimum atomic E-state index is -0.462. The molecule has 0 aliphatic heterocycles. The summed E-state index contributed by atoms with van der Waals surface area (Å²) in [5, 5.41) is 9.69. The number of aliphatic hydroxyl groups is 1. The van der Waals surface area contributed by atoms with Gasteiger partial charge in [0.15, 0.2) is 0 Å². The lowest BCUT2D eigenvalue weighted by atomic mass is 10.0. The minimum absolute atomic E-state index is 0.462. The molecule has 0 saturated carbocycles. The Bertz CT molecular complexity index is 356. The fourth-order valence-electron chi connectivity index (χ4n) is 1.53. The number of benzene rings is 1. The predicted octanol–water partition coefficient (Wildman–Crippen LogP) is 2.48. The van der Waals surface area contributed by atoms with E-state index in [2.05, 4.69) is 12.6 Å². The number of rotatable bonds is 6. The number of hydrogen-bond donors (Lipinski definition) is 1. The van der Waals surface area contributed by atoms with Crippen molar-refractivity contribution in [1.29, 1.82) is 0 Å². The zero-order valence-corrected chi connectivity index (χ0v) is 9.60. The van der Waals surface area contributed by atoms with Crippen LogP contribution in [0.4, 0.5) is 0 Å². The van der Waals surface area contributed by atoms with Gasteiger partial charge in [-0.3, -0.25) is 0 Å². The summed E-state index contributed by atoms with van der Waals surface area (Å²) >= 11 is 0. The van der Waals surface area contributed by atoms with Crippen molar-refractivity contribution in [2.24, 2.45) is 0 Å². The van der Waals surface area contributed by atoms with E-state index in [1.54, 1.807) is 25.3 Å². The molecular weight excluding hydrogens is 200 g/mol. The number of aliphatic hydroxyl groups excluding tert-OH is 1. The van der Waals surface area contributed by atoms with E-state index >= 15 is 0 Å². The van der Waals surface area contributed by atoms with E-state index in [4.69, 9.17) is 4.74 Å². The van der Waals surface area contributed by atoms with Crippen molar-refractivity contribution >= 4 is 0 Å². The van der Waals surface area contributed by atoms with Crippen molar-refractivity contribution in [3.05, 3.63) is 60.2 Å². The molecule has 0 radical (unpaired) electrons. The lowest BCUT2D eigenvalue weighted by Gasteiger charge is -2.07. The van der Waals surface area contributed by atoms with Crippen LogP contribution in [0.1, 0.15) is 11.1 Å². The average Bonchev–Trinajstić information content (AvgIpc) is 2.27. The fraction of sp³-hybridized carbons (Fsp3) is 0.286. The monoisotopic (exact) mass is 218 g/mol. The van der Waals surface area contributed by atoms with E-state index in [1.165, 1.54) is 0 Å².